The second-order valence-electron chi connectivity index (χ2n) is 8.67. The highest BCUT2D eigenvalue weighted by atomic mass is 28.4. The van der Waals surface area contributed by atoms with Crippen molar-refractivity contribution < 1.29 is 23.9 Å². The molecule has 1 fully saturated rings. The monoisotopic (exact) mass is 386 g/mol. The molecule has 0 unspecified atom stereocenters. The van der Waals surface area contributed by atoms with Crippen LogP contribution in [0.25, 0.3) is 0 Å². The number of aliphatic carboxylic acids is 2. The maximum atomic E-state index is 11.8. The predicted octanol–water partition coefficient (Wildman–Crippen LogP) is 4.87. The van der Waals surface area contributed by atoms with E-state index in [1.165, 1.54) is 0 Å². The SMILES string of the molecule is C[Si](C)(C)O[Si](C)(C)CCCC(C(=O)O)=C(C(=O)O)C1CCCCC1. The summed E-state index contributed by atoms with van der Waals surface area (Å²) in [4.78, 5) is 23.5. The van der Waals surface area contributed by atoms with Crippen molar-refractivity contribution in [2.24, 2.45) is 5.92 Å². The molecule has 0 saturated heterocycles. The third-order valence-corrected chi connectivity index (χ3v) is 10.8. The second-order valence-corrected chi connectivity index (χ2v) is 17.7. The standard InChI is InChI=1S/C18H34O5Si2/c1-24(2,3)23-25(4,5)13-9-12-15(17(19)20)16(18(21)22)14-10-7-6-8-11-14/h14H,6-13H2,1-5H3,(H,19,20)(H,21,22). The van der Waals surface area contributed by atoms with Crippen LogP contribution < -0.4 is 0 Å². The lowest BCUT2D eigenvalue weighted by molar-refractivity contribution is -0.136. The predicted molar refractivity (Wildman–Crippen MR) is 105 cm³/mol. The van der Waals surface area contributed by atoms with E-state index in [4.69, 9.17) is 4.12 Å². The van der Waals surface area contributed by atoms with Crippen molar-refractivity contribution in [1.29, 1.82) is 0 Å². The highest BCUT2D eigenvalue weighted by Gasteiger charge is 2.31. The smallest absolute Gasteiger partial charge is 0.332 e. The normalized spacial score (nSPS) is 18.0. The Balaban J connectivity index is 2.87. The molecule has 0 aliphatic heterocycles. The number of carbonyl (C=O) groups is 2. The highest BCUT2D eigenvalue weighted by Crippen LogP contribution is 2.33. The first kappa shape index (κ1) is 22.1. The molecular weight excluding hydrogens is 352 g/mol. The van der Waals surface area contributed by atoms with E-state index in [1.54, 1.807) is 0 Å². The van der Waals surface area contributed by atoms with Crippen molar-refractivity contribution in [3.05, 3.63) is 11.1 Å². The van der Waals surface area contributed by atoms with E-state index in [1.807, 2.05) is 0 Å². The van der Waals surface area contributed by atoms with Gasteiger partial charge in [-0.25, -0.2) is 9.59 Å². The molecule has 0 radical (unpaired) electrons. The quantitative estimate of drug-likeness (QED) is 0.436. The third-order valence-electron chi connectivity index (χ3n) is 4.62. The van der Waals surface area contributed by atoms with Crippen LogP contribution in [0.4, 0.5) is 0 Å². The molecule has 0 bridgehead atoms. The molecule has 25 heavy (non-hydrogen) atoms. The molecule has 5 nitrogen and oxygen atoms in total. The van der Waals surface area contributed by atoms with Gasteiger partial charge in [0.2, 0.25) is 0 Å². The van der Waals surface area contributed by atoms with Crippen LogP contribution in [0.5, 0.6) is 0 Å². The maximum absolute atomic E-state index is 11.8. The van der Waals surface area contributed by atoms with Gasteiger partial charge in [-0.1, -0.05) is 19.3 Å². The van der Waals surface area contributed by atoms with Crippen LogP contribution in [-0.4, -0.2) is 38.8 Å². The molecule has 0 heterocycles. The number of hydrogen-bond donors (Lipinski definition) is 2. The summed E-state index contributed by atoms with van der Waals surface area (Å²) in [6.45, 7) is 10.8. The zero-order valence-corrected chi connectivity index (χ0v) is 18.4. The average Bonchev–Trinajstić information content (AvgIpc) is 2.44. The summed E-state index contributed by atoms with van der Waals surface area (Å²) in [7, 11) is -3.46. The van der Waals surface area contributed by atoms with Gasteiger partial charge in [-0.15, -0.1) is 0 Å². The van der Waals surface area contributed by atoms with E-state index >= 15 is 0 Å². The Bertz CT molecular complexity index is 514. The van der Waals surface area contributed by atoms with Crippen LogP contribution in [0.15, 0.2) is 11.1 Å². The summed E-state index contributed by atoms with van der Waals surface area (Å²) in [5.74, 6) is -2.24. The molecule has 0 amide bonds. The summed E-state index contributed by atoms with van der Waals surface area (Å²) in [5, 5.41) is 19.2. The molecule has 2 N–H and O–H groups in total. The Kier molecular flexibility index (Phi) is 8.08. The molecule has 0 aromatic heterocycles. The molecule has 0 aromatic carbocycles. The zero-order chi connectivity index (χ0) is 19.3. The van der Waals surface area contributed by atoms with Gasteiger partial charge in [-0.2, -0.15) is 0 Å². The first-order chi connectivity index (χ1) is 11.4. The van der Waals surface area contributed by atoms with Crippen LogP contribution >= 0.6 is 0 Å². The second kappa shape index (κ2) is 9.14. The van der Waals surface area contributed by atoms with Gasteiger partial charge in [-0.3, -0.25) is 0 Å². The van der Waals surface area contributed by atoms with E-state index in [0.29, 0.717) is 12.8 Å². The van der Waals surface area contributed by atoms with Crippen LogP contribution in [0.3, 0.4) is 0 Å². The van der Waals surface area contributed by atoms with Crippen molar-refractivity contribution in [3.63, 3.8) is 0 Å². The van der Waals surface area contributed by atoms with Gasteiger partial charge < -0.3 is 14.3 Å². The van der Waals surface area contributed by atoms with Crippen molar-refractivity contribution in [2.75, 3.05) is 0 Å². The van der Waals surface area contributed by atoms with Crippen molar-refractivity contribution in [1.82, 2.24) is 0 Å². The Labute approximate surface area is 153 Å². The topological polar surface area (TPSA) is 83.8 Å². The molecule has 0 aromatic rings. The van der Waals surface area contributed by atoms with Crippen LogP contribution in [0.2, 0.25) is 38.8 Å². The van der Waals surface area contributed by atoms with Crippen molar-refractivity contribution in [2.45, 2.75) is 83.7 Å². The molecule has 1 aliphatic rings. The van der Waals surface area contributed by atoms with Gasteiger partial charge in [0, 0.05) is 5.57 Å². The molecule has 1 rings (SSSR count). The average molecular weight is 387 g/mol. The molecular formula is C18H34O5Si2. The maximum Gasteiger partial charge on any atom is 0.332 e. The van der Waals surface area contributed by atoms with Crippen molar-refractivity contribution in [3.8, 4) is 0 Å². The number of rotatable bonds is 9. The number of hydrogen-bond acceptors (Lipinski definition) is 3. The van der Waals surface area contributed by atoms with E-state index in [0.717, 1.165) is 38.1 Å². The Hall–Kier alpha value is -0.926. The van der Waals surface area contributed by atoms with Gasteiger partial charge in [0.05, 0.1) is 5.57 Å². The fraction of sp³-hybridized carbons (Fsp3) is 0.778. The lowest BCUT2D eigenvalue weighted by atomic mass is 9.81. The van der Waals surface area contributed by atoms with Gasteiger partial charge >= 0.3 is 11.9 Å². The summed E-state index contributed by atoms with van der Waals surface area (Å²) in [5.41, 5.74) is 0.259. The van der Waals surface area contributed by atoms with Gasteiger partial charge in [0.25, 0.3) is 0 Å². The third kappa shape index (κ3) is 7.87. The number of carboxylic acids is 2. The van der Waals surface area contributed by atoms with E-state index in [9.17, 15) is 19.8 Å². The molecule has 0 spiro atoms. The fourth-order valence-electron chi connectivity index (χ4n) is 3.87. The fourth-order valence-corrected chi connectivity index (χ4v) is 11.9. The van der Waals surface area contributed by atoms with Crippen molar-refractivity contribution >= 4 is 28.6 Å². The lowest BCUT2D eigenvalue weighted by Gasteiger charge is -2.31. The van der Waals surface area contributed by atoms with Crippen LogP contribution in [0, 0.1) is 5.92 Å². The van der Waals surface area contributed by atoms with Gasteiger partial charge in [0.15, 0.2) is 16.6 Å². The number of carboxylic acid groups (broad SMARTS) is 2. The minimum atomic E-state index is -1.84. The zero-order valence-electron chi connectivity index (χ0n) is 16.4. The molecule has 1 aliphatic carbocycles. The summed E-state index contributed by atoms with van der Waals surface area (Å²) < 4.78 is 6.29. The first-order valence-corrected chi connectivity index (χ1v) is 15.8. The Morgan fingerprint density at radius 1 is 0.960 bits per heavy atom. The molecule has 7 heteroatoms. The Morgan fingerprint density at radius 3 is 1.96 bits per heavy atom. The molecule has 1 saturated carbocycles. The highest BCUT2D eigenvalue weighted by molar-refractivity contribution is 6.84. The Morgan fingerprint density at radius 2 is 1.52 bits per heavy atom. The summed E-state index contributed by atoms with van der Waals surface area (Å²) >= 11 is 0. The largest absolute Gasteiger partial charge is 0.478 e. The summed E-state index contributed by atoms with van der Waals surface area (Å²) in [6, 6.07) is 0.853. The van der Waals surface area contributed by atoms with E-state index in [-0.39, 0.29) is 17.1 Å². The molecule has 144 valence electrons. The van der Waals surface area contributed by atoms with Crippen LogP contribution in [0.1, 0.15) is 44.9 Å². The van der Waals surface area contributed by atoms with E-state index in [2.05, 4.69) is 32.7 Å². The summed E-state index contributed by atoms with van der Waals surface area (Å²) in [6.07, 6.45) is 5.65. The minimum absolute atomic E-state index is 0.109. The van der Waals surface area contributed by atoms with Crippen LogP contribution in [-0.2, 0) is 13.7 Å². The molecule has 0 atom stereocenters. The van der Waals surface area contributed by atoms with Gasteiger partial charge in [0.1, 0.15) is 0 Å². The minimum Gasteiger partial charge on any atom is -0.478 e. The lowest BCUT2D eigenvalue weighted by Crippen LogP contribution is -2.42. The first-order valence-electron chi connectivity index (χ1n) is 9.33. The van der Waals surface area contributed by atoms with E-state index < -0.39 is 28.6 Å². The van der Waals surface area contributed by atoms with Gasteiger partial charge in [-0.05, 0) is 70.4 Å².